The van der Waals surface area contributed by atoms with Crippen LogP contribution in [0.2, 0.25) is 0 Å². The summed E-state index contributed by atoms with van der Waals surface area (Å²) in [4.78, 5) is 49.6. The van der Waals surface area contributed by atoms with Gasteiger partial charge in [0.05, 0.1) is 24.7 Å². The van der Waals surface area contributed by atoms with Gasteiger partial charge >= 0.3 is 11.9 Å². The SMILES string of the molecule is COC(=O)c1ccc(-n2c(C)cc(/C=C3/SC(=O)N([C@H](C)C(=O)OC)C3=O)c2C)cc1. The Balaban J connectivity index is 1.93. The number of methoxy groups -OCH3 is 2. The zero-order valence-corrected chi connectivity index (χ0v) is 18.6. The van der Waals surface area contributed by atoms with Crippen molar-refractivity contribution in [2.45, 2.75) is 26.8 Å². The first-order chi connectivity index (χ1) is 14.7. The molecule has 1 aliphatic heterocycles. The normalized spacial score (nSPS) is 16.0. The summed E-state index contributed by atoms with van der Waals surface area (Å²) in [6.45, 7) is 5.27. The molecular weight excluding hydrogens is 420 g/mol. The van der Waals surface area contributed by atoms with Crippen molar-refractivity contribution in [2.75, 3.05) is 14.2 Å². The molecule has 9 heteroatoms. The molecule has 31 heavy (non-hydrogen) atoms. The summed E-state index contributed by atoms with van der Waals surface area (Å²) in [6.07, 6.45) is 1.65. The van der Waals surface area contributed by atoms with Crippen LogP contribution < -0.4 is 0 Å². The number of aromatic nitrogens is 1. The van der Waals surface area contributed by atoms with Gasteiger partial charge in [-0.05, 0) is 74.5 Å². The summed E-state index contributed by atoms with van der Waals surface area (Å²) < 4.78 is 11.4. The summed E-state index contributed by atoms with van der Waals surface area (Å²) in [6, 6.07) is 7.88. The third-order valence-corrected chi connectivity index (χ3v) is 5.94. The Kier molecular flexibility index (Phi) is 6.35. The number of aryl methyl sites for hydroxylation is 1. The highest BCUT2D eigenvalue weighted by Gasteiger charge is 2.41. The molecule has 2 aromatic rings. The molecular formula is C22H22N2O6S. The highest BCUT2D eigenvalue weighted by Crippen LogP contribution is 2.35. The fourth-order valence-electron chi connectivity index (χ4n) is 3.43. The fourth-order valence-corrected chi connectivity index (χ4v) is 4.33. The van der Waals surface area contributed by atoms with E-state index in [1.54, 1.807) is 18.2 Å². The molecule has 0 saturated carbocycles. The van der Waals surface area contributed by atoms with Crippen LogP contribution in [0.1, 0.15) is 34.2 Å². The molecule has 1 aromatic carbocycles. The summed E-state index contributed by atoms with van der Waals surface area (Å²) in [7, 11) is 2.54. The van der Waals surface area contributed by atoms with Gasteiger partial charge < -0.3 is 14.0 Å². The van der Waals surface area contributed by atoms with Gasteiger partial charge in [0.25, 0.3) is 11.1 Å². The second-order valence-electron chi connectivity index (χ2n) is 6.95. The molecule has 1 saturated heterocycles. The van der Waals surface area contributed by atoms with Gasteiger partial charge in [-0.25, -0.2) is 9.59 Å². The van der Waals surface area contributed by atoms with E-state index in [0.29, 0.717) is 5.56 Å². The monoisotopic (exact) mass is 442 g/mol. The lowest BCUT2D eigenvalue weighted by Gasteiger charge is -2.18. The second kappa shape index (κ2) is 8.81. The minimum atomic E-state index is -0.996. The van der Waals surface area contributed by atoms with Gasteiger partial charge in [0.15, 0.2) is 0 Å². The first-order valence-electron chi connectivity index (χ1n) is 9.42. The van der Waals surface area contributed by atoms with Crippen LogP contribution in [-0.4, -0.2) is 52.8 Å². The predicted octanol–water partition coefficient (Wildman–Crippen LogP) is 3.48. The highest BCUT2D eigenvalue weighted by molar-refractivity contribution is 8.18. The second-order valence-corrected chi connectivity index (χ2v) is 7.94. The molecule has 3 rings (SSSR count). The number of rotatable bonds is 5. The van der Waals surface area contributed by atoms with Crippen molar-refractivity contribution in [3.63, 3.8) is 0 Å². The van der Waals surface area contributed by atoms with Crippen LogP contribution >= 0.6 is 11.8 Å². The van der Waals surface area contributed by atoms with Crippen LogP contribution in [0.5, 0.6) is 0 Å². The zero-order chi connectivity index (χ0) is 22.9. The Labute approximate surface area is 183 Å². The number of carbonyl (C=O) groups is 4. The van der Waals surface area contributed by atoms with Gasteiger partial charge in [-0.1, -0.05) is 0 Å². The van der Waals surface area contributed by atoms with Crippen LogP contribution in [0.25, 0.3) is 11.8 Å². The van der Waals surface area contributed by atoms with Crippen molar-refractivity contribution < 1.29 is 28.7 Å². The number of esters is 2. The molecule has 0 unspecified atom stereocenters. The van der Waals surface area contributed by atoms with E-state index in [1.165, 1.54) is 21.1 Å². The van der Waals surface area contributed by atoms with Crippen LogP contribution in [0.3, 0.4) is 0 Å². The molecule has 2 heterocycles. The maximum atomic E-state index is 12.7. The molecule has 1 atom stereocenters. The van der Waals surface area contributed by atoms with Gasteiger partial charge in [-0.2, -0.15) is 0 Å². The number of thioether (sulfide) groups is 1. The Hall–Kier alpha value is -3.33. The van der Waals surface area contributed by atoms with Crippen LogP contribution in [0, 0.1) is 13.8 Å². The summed E-state index contributed by atoms with van der Waals surface area (Å²) >= 11 is 0.790. The molecule has 0 N–H and O–H groups in total. The van der Waals surface area contributed by atoms with Crippen molar-refractivity contribution in [3.8, 4) is 5.69 Å². The quantitative estimate of drug-likeness (QED) is 0.517. The number of ether oxygens (including phenoxy) is 2. The molecule has 0 radical (unpaired) electrons. The first-order valence-corrected chi connectivity index (χ1v) is 10.2. The topological polar surface area (TPSA) is 94.9 Å². The Morgan fingerprint density at radius 2 is 1.71 bits per heavy atom. The molecule has 162 valence electrons. The lowest BCUT2D eigenvalue weighted by Crippen LogP contribution is -2.42. The maximum absolute atomic E-state index is 12.7. The average molecular weight is 442 g/mol. The number of amides is 2. The number of hydrogen-bond donors (Lipinski definition) is 0. The van der Waals surface area contributed by atoms with E-state index >= 15 is 0 Å². The lowest BCUT2D eigenvalue weighted by molar-refractivity contribution is -0.148. The van der Waals surface area contributed by atoms with Gasteiger partial charge in [0.2, 0.25) is 0 Å². The van der Waals surface area contributed by atoms with Gasteiger partial charge in [-0.3, -0.25) is 14.5 Å². The standard InChI is InChI=1S/C22H22N2O6S/c1-12-10-16(11-18-19(25)24(22(28)31-18)14(3)20(26)29-4)13(2)23(12)17-8-6-15(7-9-17)21(27)30-5/h6-11,14H,1-5H3/b18-11+/t14-/m1/s1. The predicted molar refractivity (Wildman–Crippen MR) is 116 cm³/mol. The van der Waals surface area contributed by atoms with Crippen LogP contribution in [-0.2, 0) is 19.1 Å². The molecule has 0 spiro atoms. The molecule has 2 amide bonds. The van der Waals surface area contributed by atoms with Crippen molar-refractivity contribution in [3.05, 3.63) is 57.8 Å². The van der Waals surface area contributed by atoms with E-state index in [0.717, 1.165) is 39.3 Å². The first kappa shape index (κ1) is 22.4. The van der Waals surface area contributed by atoms with Crippen LogP contribution in [0.4, 0.5) is 4.79 Å². The third kappa shape index (κ3) is 4.13. The summed E-state index contributed by atoms with van der Waals surface area (Å²) in [5, 5.41) is -0.513. The smallest absolute Gasteiger partial charge is 0.337 e. The average Bonchev–Trinajstić information content (AvgIpc) is 3.20. The largest absolute Gasteiger partial charge is 0.467 e. The van der Waals surface area contributed by atoms with Gasteiger partial charge in [0.1, 0.15) is 6.04 Å². The Morgan fingerprint density at radius 3 is 2.29 bits per heavy atom. The molecule has 1 fully saturated rings. The number of imide groups is 1. The van der Waals surface area contributed by atoms with Crippen molar-refractivity contribution in [1.82, 2.24) is 9.47 Å². The molecule has 1 aliphatic rings. The molecule has 1 aromatic heterocycles. The van der Waals surface area contributed by atoms with E-state index in [4.69, 9.17) is 4.74 Å². The van der Waals surface area contributed by atoms with E-state index in [-0.39, 0.29) is 4.91 Å². The Morgan fingerprint density at radius 1 is 1.06 bits per heavy atom. The zero-order valence-electron chi connectivity index (χ0n) is 17.8. The van der Waals surface area contributed by atoms with Crippen molar-refractivity contribution in [1.29, 1.82) is 0 Å². The number of carbonyl (C=O) groups excluding carboxylic acids is 4. The molecule has 0 bridgehead atoms. The van der Waals surface area contributed by atoms with E-state index in [1.807, 2.05) is 36.6 Å². The van der Waals surface area contributed by atoms with Crippen LogP contribution in [0.15, 0.2) is 35.2 Å². The van der Waals surface area contributed by atoms with Crippen molar-refractivity contribution in [2.24, 2.45) is 0 Å². The van der Waals surface area contributed by atoms with E-state index in [9.17, 15) is 19.2 Å². The summed E-state index contributed by atoms with van der Waals surface area (Å²) in [5.41, 5.74) is 3.83. The minimum absolute atomic E-state index is 0.238. The lowest BCUT2D eigenvalue weighted by atomic mass is 10.2. The fraction of sp³-hybridized carbons (Fsp3) is 0.273. The van der Waals surface area contributed by atoms with Crippen molar-refractivity contribution >= 4 is 40.9 Å². The highest BCUT2D eigenvalue weighted by atomic mass is 32.2. The summed E-state index contributed by atoms with van der Waals surface area (Å²) in [5.74, 6) is -1.60. The van der Waals surface area contributed by atoms with Gasteiger partial charge in [-0.15, -0.1) is 0 Å². The number of hydrogen-bond acceptors (Lipinski definition) is 7. The Bertz CT molecular complexity index is 1100. The van der Waals surface area contributed by atoms with Gasteiger partial charge in [0, 0.05) is 17.1 Å². The maximum Gasteiger partial charge on any atom is 0.337 e. The third-order valence-electron chi connectivity index (χ3n) is 5.06. The number of nitrogens with zero attached hydrogens (tertiary/aromatic N) is 2. The molecule has 8 nitrogen and oxygen atoms in total. The molecule has 0 aliphatic carbocycles. The number of benzene rings is 1. The minimum Gasteiger partial charge on any atom is -0.467 e. The van der Waals surface area contributed by atoms with E-state index in [2.05, 4.69) is 4.74 Å². The van der Waals surface area contributed by atoms with E-state index < -0.39 is 29.1 Å².